The smallest absolute Gasteiger partial charge is 0.480 e. The van der Waals surface area contributed by atoms with Crippen molar-refractivity contribution in [3.05, 3.63) is 18.7 Å². The molecule has 2 atom stereocenters. The van der Waals surface area contributed by atoms with Gasteiger partial charge in [-0.15, -0.1) is 0 Å². The standard InChI is InChI=1S/C13H21N3O7Si/c17-12(23-10-6-11(13(18)19)14-7-10)8-16-4-3-15(9-16)2-1-5-24(20,21)22/h3-4,9-11,14,20-22H,1-2,5-8H2/p+1/t10-,11+/m1/s1. The Labute approximate surface area is 139 Å². The van der Waals surface area contributed by atoms with Crippen molar-refractivity contribution in [3.63, 3.8) is 0 Å². The van der Waals surface area contributed by atoms with Crippen LogP contribution in [-0.4, -0.2) is 63.5 Å². The van der Waals surface area contributed by atoms with Crippen molar-refractivity contribution in [2.45, 2.75) is 44.1 Å². The van der Waals surface area contributed by atoms with E-state index in [0.29, 0.717) is 19.5 Å². The van der Waals surface area contributed by atoms with Gasteiger partial charge in [-0.2, -0.15) is 0 Å². The van der Waals surface area contributed by atoms with Crippen molar-refractivity contribution in [1.29, 1.82) is 0 Å². The Morgan fingerprint density at radius 1 is 1.38 bits per heavy atom. The Morgan fingerprint density at radius 3 is 2.75 bits per heavy atom. The number of rotatable bonds is 8. The fraction of sp³-hybridized carbons (Fsp3) is 0.615. The van der Waals surface area contributed by atoms with Crippen LogP contribution in [0.3, 0.4) is 0 Å². The number of nitrogens with zero attached hydrogens (tertiary/aromatic N) is 2. The van der Waals surface area contributed by atoms with E-state index in [1.807, 2.05) is 0 Å². The van der Waals surface area contributed by atoms with E-state index >= 15 is 0 Å². The molecule has 1 aromatic heterocycles. The number of esters is 1. The van der Waals surface area contributed by atoms with E-state index in [4.69, 9.17) is 24.2 Å². The van der Waals surface area contributed by atoms with Crippen LogP contribution in [0, 0.1) is 0 Å². The molecular formula is C13H22N3O7Si+. The van der Waals surface area contributed by atoms with Crippen molar-refractivity contribution in [2.75, 3.05) is 6.54 Å². The molecule has 0 bridgehead atoms. The minimum Gasteiger partial charge on any atom is -0.480 e. The fourth-order valence-electron chi connectivity index (χ4n) is 2.52. The van der Waals surface area contributed by atoms with Crippen molar-refractivity contribution in [3.8, 4) is 0 Å². The highest BCUT2D eigenvalue weighted by Crippen LogP contribution is 2.10. The van der Waals surface area contributed by atoms with Crippen molar-refractivity contribution < 1.29 is 38.4 Å². The fourth-order valence-corrected chi connectivity index (χ4v) is 3.15. The third-order valence-electron chi connectivity index (χ3n) is 3.67. The van der Waals surface area contributed by atoms with Crippen LogP contribution in [0.5, 0.6) is 0 Å². The summed E-state index contributed by atoms with van der Waals surface area (Å²) >= 11 is 0. The van der Waals surface area contributed by atoms with Gasteiger partial charge in [-0.25, -0.2) is 13.9 Å². The van der Waals surface area contributed by atoms with E-state index in [1.165, 1.54) is 0 Å². The van der Waals surface area contributed by atoms with Crippen LogP contribution < -0.4 is 9.88 Å². The Hall–Kier alpha value is -1.79. The number of ether oxygens (including phenoxy) is 1. The van der Waals surface area contributed by atoms with Gasteiger partial charge in [-0.3, -0.25) is 4.79 Å². The van der Waals surface area contributed by atoms with E-state index in [2.05, 4.69) is 5.32 Å². The first-order valence-corrected chi connectivity index (χ1v) is 9.65. The van der Waals surface area contributed by atoms with Gasteiger partial charge in [0.05, 0.1) is 6.54 Å². The quantitative estimate of drug-likeness (QED) is 0.193. The molecule has 0 aliphatic carbocycles. The summed E-state index contributed by atoms with van der Waals surface area (Å²) in [4.78, 5) is 49.5. The Balaban J connectivity index is 1.74. The molecule has 1 aromatic rings. The van der Waals surface area contributed by atoms with E-state index < -0.39 is 32.9 Å². The number of aromatic nitrogens is 2. The molecule has 1 aliphatic rings. The molecule has 0 spiro atoms. The van der Waals surface area contributed by atoms with Crippen LogP contribution in [0.1, 0.15) is 12.8 Å². The number of carboxylic acid groups (broad SMARTS) is 1. The van der Waals surface area contributed by atoms with Gasteiger partial charge in [0.15, 0.2) is 6.54 Å². The molecule has 0 radical (unpaired) electrons. The molecule has 0 unspecified atom stereocenters. The first-order valence-electron chi connectivity index (χ1n) is 7.60. The van der Waals surface area contributed by atoms with Crippen molar-refractivity contribution >= 4 is 20.7 Å². The molecule has 5 N–H and O–H groups in total. The lowest BCUT2D eigenvalue weighted by Crippen LogP contribution is -2.38. The number of aliphatic carboxylic acids is 1. The maximum Gasteiger partial charge on any atom is 0.492 e. The summed E-state index contributed by atoms with van der Waals surface area (Å²) in [5.74, 6) is -1.41. The largest absolute Gasteiger partial charge is 0.492 e. The van der Waals surface area contributed by atoms with E-state index in [-0.39, 0.29) is 19.0 Å². The number of carbonyl (C=O) groups is 2. The van der Waals surface area contributed by atoms with Gasteiger partial charge in [0, 0.05) is 19.0 Å². The second kappa shape index (κ2) is 7.85. The van der Waals surface area contributed by atoms with Crippen molar-refractivity contribution in [2.24, 2.45) is 0 Å². The van der Waals surface area contributed by atoms with Crippen LogP contribution in [0.2, 0.25) is 6.04 Å². The number of hydrogen-bond donors (Lipinski definition) is 5. The normalized spacial score (nSPS) is 21.0. The predicted molar refractivity (Wildman–Crippen MR) is 80.4 cm³/mol. The number of nitrogens with one attached hydrogen (secondary N) is 1. The first kappa shape index (κ1) is 18.5. The molecule has 2 rings (SSSR count). The Morgan fingerprint density at radius 2 is 2.12 bits per heavy atom. The molecule has 24 heavy (non-hydrogen) atoms. The highest BCUT2D eigenvalue weighted by atomic mass is 28.4. The Kier molecular flexibility index (Phi) is 6.07. The third kappa shape index (κ3) is 6.01. The second-order valence-corrected chi connectivity index (χ2v) is 7.90. The van der Waals surface area contributed by atoms with Crippen molar-refractivity contribution in [1.82, 2.24) is 9.88 Å². The van der Waals surface area contributed by atoms with Gasteiger partial charge in [-0.1, -0.05) is 0 Å². The summed E-state index contributed by atoms with van der Waals surface area (Å²) in [7, 11) is -4.01. The lowest BCUT2D eigenvalue weighted by atomic mass is 10.2. The molecule has 11 heteroatoms. The molecule has 0 amide bonds. The van der Waals surface area contributed by atoms with Crippen LogP contribution >= 0.6 is 0 Å². The van der Waals surface area contributed by atoms with Gasteiger partial charge < -0.3 is 29.5 Å². The van der Waals surface area contributed by atoms with Crippen LogP contribution in [0.4, 0.5) is 0 Å². The molecule has 2 heterocycles. The minimum absolute atomic E-state index is 0.0000738. The summed E-state index contributed by atoms with van der Waals surface area (Å²) in [6, 6.07) is -0.732. The molecule has 10 nitrogen and oxygen atoms in total. The third-order valence-corrected chi connectivity index (χ3v) is 4.70. The van der Waals surface area contributed by atoms with Gasteiger partial charge in [0.25, 0.3) is 0 Å². The minimum atomic E-state index is -4.01. The first-order chi connectivity index (χ1) is 11.2. The summed E-state index contributed by atoms with van der Waals surface area (Å²) in [6.07, 6.45) is 5.28. The maximum atomic E-state index is 11.9. The zero-order valence-corrected chi connectivity index (χ0v) is 14.0. The number of imidazole rings is 1. The van der Waals surface area contributed by atoms with Gasteiger partial charge in [0.1, 0.15) is 24.5 Å². The average molecular weight is 360 g/mol. The van der Waals surface area contributed by atoms with E-state index in [9.17, 15) is 9.59 Å². The summed E-state index contributed by atoms with van der Waals surface area (Å²) < 4.78 is 8.61. The number of hydrogen-bond acceptors (Lipinski definition) is 7. The highest BCUT2D eigenvalue weighted by molar-refractivity contribution is 6.56. The summed E-state index contributed by atoms with van der Waals surface area (Å²) in [5.41, 5.74) is 0. The summed E-state index contributed by atoms with van der Waals surface area (Å²) in [6.45, 7) is 0.800. The topological polar surface area (TPSA) is 145 Å². The number of carbonyl (C=O) groups excluding carboxylic acids is 1. The number of carboxylic acids is 1. The molecule has 1 aliphatic heterocycles. The van der Waals surface area contributed by atoms with Gasteiger partial charge >= 0.3 is 20.7 Å². The average Bonchev–Trinajstić information content (AvgIpc) is 3.07. The zero-order valence-electron chi connectivity index (χ0n) is 13.0. The molecule has 0 aromatic carbocycles. The second-order valence-electron chi connectivity index (χ2n) is 5.85. The molecule has 134 valence electrons. The lowest BCUT2D eigenvalue weighted by molar-refractivity contribution is -0.685. The monoisotopic (exact) mass is 360 g/mol. The Bertz CT molecular complexity index is 586. The van der Waals surface area contributed by atoms with Crippen LogP contribution in [0.25, 0.3) is 0 Å². The maximum absolute atomic E-state index is 11.9. The lowest BCUT2D eigenvalue weighted by Gasteiger charge is -2.09. The van der Waals surface area contributed by atoms with Crippen LogP contribution in [-0.2, 0) is 27.4 Å². The summed E-state index contributed by atoms with van der Waals surface area (Å²) in [5, 5.41) is 11.6. The highest BCUT2D eigenvalue weighted by Gasteiger charge is 2.31. The number of aryl methyl sites for hydroxylation is 1. The molecule has 1 fully saturated rings. The van der Waals surface area contributed by atoms with Gasteiger partial charge in [-0.05, 0) is 6.42 Å². The van der Waals surface area contributed by atoms with E-state index in [0.717, 1.165) is 0 Å². The van der Waals surface area contributed by atoms with E-state index in [1.54, 1.807) is 27.9 Å². The zero-order chi connectivity index (χ0) is 17.7. The molecular weight excluding hydrogens is 338 g/mol. The molecule has 0 saturated carbocycles. The SMILES string of the molecule is O=C(C[n+]1ccn(CCC[Si](O)(O)O)c1)O[C@H]1CN[C@H](C(=O)O)C1. The predicted octanol–water partition coefficient (Wildman–Crippen LogP) is -2.56. The van der Waals surface area contributed by atoms with Crippen LogP contribution in [0.15, 0.2) is 18.7 Å². The van der Waals surface area contributed by atoms with Gasteiger partial charge in [0.2, 0.25) is 6.33 Å². The molecule has 1 saturated heterocycles.